The first-order valence-electron chi connectivity index (χ1n) is 9.06. The van der Waals surface area contributed by atoms with Gasteiger partial charge in [-0.1, -0.05) is 23.2 Å². The molecule has 1 aromatic heterocycles. The number of aromatic nitrogens is 2. The molecule has 1 saturated carbocycles. The lowest BCUT2D eigenvalue weighted by molar-refractivity contribution is 0.102. The molecule has 2 aliphatic rings. The minimum absolute atomic E-state index is 0.172. The molecule has 2 aliphatic carbocycles. The average Bonchev–Trinajstić information content (AvgIpc) is 3.36. The molecule has 0 radical (unpaired) electrons. The van der Waals surface area contributed by atoms with Crippen LogP contribution < -0.4 is 5.32 Å². The lowest BCUT2D eigenvalue weighted by atomic mass is 9.95. The zero-order valence-corrected chi connectivity index (χ0v) is 16.0. The van der Waals surface area contributed by atoms with E-state index in [4.69, 9.17) is 28.3 Å². The lowest BCUT2D eigenvalue weighted by Crippen LogP contribution is -2.15. The zero-order chi connectivity index (χ0) is 18.5. The number of carbonyl (C=O) groups excluding carboxylic acids is 1. The summed E-state index contributed by atoms with van der Waals surface area (Å²) in [6.45, 7) is 0. The van der Waals surface area contributed by atoms with Crippen LogP contribution in [-0.4, -0.2) is 15.7 Å². The molecule has 6 heteroatoms. The Bertz CT molecular complexity index is 1020. The Morgan fingerprint density at radius 2 is 1.59 bits per heavy atom. The molecule has 1 N–H and O–H groups in total. The number of amides is 1. The molecular weight excluding hydrogens is 381 g/mol. The fourth-order valence-electron chi connectivity index (χ4n) is 4.40. The standard InChI is InChI=1S/C21H17Cl2N3O/c22-14-3-7-16(8-4-14)24-21(27)19-18-12-1-2-13(11-12)20(18)26(25-19)17-9-5-15(23)6-10-17/h3-10,12-13H,1-2,11H2,(H,24,27). The number of hydrogen-bond acceptors (Lipinski definition) is 2. The highest BCUT2D eigenvalue weighted by Gasteiger charge is 2.44. The van der Waals surface area contributed by atoms with Crippen molar-refractivity contribution in [3.63, 3.8) is 0 Å². The van der Waals surface area contributed by atoms with Gasteiger partial charge in [-0.25, -0.2) is 4.68 Å². The van der Waals surface area contributed by atoms with Crippen LogP contribution in [0.3, 0.4) is 0 Å². The van der Waals surface area contributed by atoms with Gasteiger partial charge < -0.3 is 5.32 Å². The molecule has 2 unspecified atom stereocenters. The molecule has 0 spiro atoms. The third-order valence-electron chi connectivity index (χ3n) is 5.58. The molecular formula is C21H17Cl2N3O. The summed E-state index contributed by atoms with van der Waals surface area (Å²) >= 11 is 12.0. The van der Waals surface area contributed by atoms with Gasteiger partial charge >= 0.3 is 0 Å². The number of nitrogens with zero attached hydrogens (tertiary/aromatic N) is 2. The van der Waals surface area contributed by atoms with Crippen LogP contribution in [0.2, 0.25) is 10.0 Å². The van der Waals surface area contributed by atoms with E-state index in [1.807, 2.05) is 28.9 Å². The van der Waals surface area contributed by atoms with Gasteiger partial charge in [0.25, 0.3) is 5.91 Å². The van der Waals surface area contributed by atoms with E-state index < -0.39 is 0 Å². The second kappa shape index (κ2) is 6.39. The van der Waals surface area contributed by atoms with Gasteiger partial charge in [0.2, 0.25) is 0 Å². The van der Waals surface area contributed by atoms with Crippen LogP contribution in [0, 0.1) is 0 Å². The second-order valence-electron chi connectivity index (χ2n) is 7.20. The Morgan fingerprint density at radius 3 is 2.30 bits per heavy atom. The molecule has 2 atom stereocenters. The Hall–Kier alpha value is -2.30. The van der Waals surface area contributed by atoms with Crippen molar-refractivity contribution < 1.29 is 4.79 Å². The molecule has 136 valence electrons. The van der Waals surface area contributed by atoms with Crippen molar-refractivity contribution in [2.75, 3.05) is 5.32 Å². The largest absolute Gasteiger partial charge is 0.321 e. The number of fused-ring (bicyclic) bond motifs is 5. The maximum Gasteiger partial charge on any atom is 0.276 e. The van der Waals surface area contributed by atoms with E-state index in [-0.39, 0.29) is 5.91 Å². The Labute approximate surface area is 167 Å². The maximum absolute atomic E-state index is 13.0. The third-order valence-corrected chi connectivity index (χ3v) is 6.08. The SMILES string of the molecule is O=C(Nc1ccc(Cl)cc1)c1nn(-c2ccc(Cl)cc2)c2c1C1CCC2C1. The summed E-state index contributed by atoms with van der Waals surface area (Å²) in [7, 11) is 0. The van der Waals surface area contributed by atoms with Crippen molar-refractivity contribution in [3.05, 3.63) is 75.5 Å². The summed E-state index contributed by atoms with van der Waals surface area (Å²) in [4.78, 5) is 13.0. The van der Waals surface area contributed by atoms with Gasteiger partial charge in [0.05, 0.1) is 11.4 Å². The third kappa shape index (κ3) is 2.84. The molecule has 3 aromatic rings. The van der Waals surface area contributed by atoms with Crippen LogP contribution in [0.1, 0.15) is 52.8 Å². The first-order chi connectivity index (χ1) is 13.1. The number of carbonyl (C=O) groups is 1. The van der Waals surface area contributed by atoms with Gasteiger partial charge in [0.1, 0.15) is 0 Å². The molecule has 1 amide bonds. The van der Waals surface area contributed by atoms with Gasteiger partial charge in [-0.15, -0.1) is 0 Å². The van der Waals surface area contributed by atoms with Gasteiger partial charge in [-0.05, 0) is 73.7 Å². The molecule has 27 heavy (non-hydrogen) atoms. The fourth-order valence-corrected chi connectivity index (χ4v) is 4.65. The molecule has 0 saturated heterocycles. The molecule has 1 fully saturated rings. The van der Waals surface area contributed by atoms with Crippen LogP contribution >= 0.6 is 23.2 Å². The smallest absolute Gasteiger partial charge is 0.276 e. The quantitative estimate of drug-likeness (QED) is 0.607. The first kappa shape index (κ1) is 16.8. The van der Waals surface area contributed by atoms with E-state index in [1.54, 1.807) is 24.3 Å². The topological polar surface area (TPSA) is 46.9 Å². The lowest BCUT2D eigenvalue weighted by Gasteiger charge is -2.14. The summed E-state index contributed by atoms with van der Waals surface area (Å²) in [6, 6.07) is 14.7. The molecule has 5 rings (SSSR count). The number of nitrogens with one attached hydrogen (secondary N) is 1. The summed E-state index contributed by atoms with van der Waals surface area (Å²) in [6.07, 6.45) is 3.41. The Kier molecular flexibility index (Phi) is 3.99. The van der Waals surface area contributed by atoms with E-state index in [0.717, 1.165) is 30.5 Å². The van der Waals surface area contributed by atoms with E-state index in [0.29, 0.717) is 33.3 Å². The normalized spacial score (nSPS) is 19.9. The van der Waals surface area contributed by atoms with E-state index in [9.17, 15) is 4.79 Å². The number of hydrogen-bond donors (Lipinski definition) is 1. The van der Waals surface area contributed by atoms with Crippen LogP contribution in [0.5, 0.6) is 0 Å². The van der Waals surface area contributed by atoms with Crippen molar-refractivity contribution >= 4 is 34.8 Å². The average molecular weight is 398 g/mol. The van der Waals surface area contributed by atoms with Crippen molar-refractivity contribution in [1.29, 1.82) is 0 Å². The molecule has 0 aliphatic heterocycles. The monoisotopic (exact) mass is 397 g/mol. The molecule has 2 aromatic carbocycles. The molecule has 2 bridgehead atoms. The van der Waals surface area contributed by atoms with Crippen LogP contribution in [0.15, 0.2) is 48.5 Å². The number of benzene rings is 2. The van der Waals surface area contributed by atoms with Gasteiger partial charge in [0.15, 0.2) is 5.69 Å². The minimum atomic E-state index is -0.172. The predicted octanol–water partition coefficient (Wildman–Crippen LogP) is 5.80. The van der Waals surface area contributed by atoms with Crippen molar-refractivity contribution in [1.82, 2.24) is 9.78 Å². The van der Waals surface area contributed by atoms with Gasteiger partial charge in [-0.2, -0.15) is 5.10 Å². The zero-order valence-electron chi connectivity index (χ0n) is 14.5. The maximum atomic E-state index is 13.0. The summed E-state index contributed by atoms with van der Waals surface area (Å²) in [5.74, 6) is 0.733. The highest BCUT2D eigenvalue weighted by Crippen LogP contribution is 2.54. The van der Waals surface area contributed by atoms with Crippen molar-refractivity contribution in [2.45, 2.75) is 31.1 Å². The highest BCUT2D eigenvalue weighted by atomic mass is 35.5. The summed E-state index contributed by atoms with van der Waals surface area (Å²) in [5.41, 5.74) is 4.49. The van der Waals surface area contributed by atoms with Gasteiger partial charge in [-0.3, -0.25) is 4.79 Å². The van der Waals surface area contributed by atoms with Gasteiger partial charge in [0, 0.05) is 27.2 Å². The number of halogens is 2. The van der Waals surface area contributed by atoms with Crippen molar-refractivity contribution in [2.24, 2.45) is 0 Å². The van der Waals surface area contributed by atoms with E-state index in [2.05, 4.69) is 5.32 Å². The van der Waals surface area contributed by atoms with Crippen LogP contribution in [0.25, 0.3) is 5.69 Å². The highest BCUT2D eigenvalue weighted by molar-refractivity contribution is 6.30. The first-order valence-corrected chi connectivity index (χ1v) is 9.81. The summed E-state index contributed by atoms with van der Waals surface area (Å²) in [5, 5.41) is 9.00. The van der Waals surface area contributed by atoms with E-state index in [1.165, 1.54) is 5.69 Å². The van der Waals surface area contributed by atoms with Crippen molar-refractivity contribution in [3.8, 4) is 5.69 Å². The summed E-state index contributed by atoms with van der Waals surface area (Å²) < 4.78 is 1.94. The Morgan fingerprint density at radius 1 is 0.963 bits per heavy atom. The second-order valence-corrected chi connectivity index (χ2v) is 8.08. The minimum Gasteiger partial charge on any atom is -0.321 e. The van der Waals surface area contributed by atoms with Crippen LogP contribution in [0.4, 0.5) is 5.69 Å². The Balaban J connectivity index is 1.56. The fraction of sp³-hybridized carbons (Fsp3) is 0.238. The number of rotatable bonds is 3. The predicted molar refractivity (Wildman–Crippen MR) is 107 cm³/mol. The van der Waals surface area contributed by atoms with E-state index >= 15 is 0 Å². The van der Waals surface area contributed by atoms with Crippen LogP contribution in [-0.2, 0) is 0 Å². The number of anilines is 1. The molecule has 4 nitrogen and oxygen atoms in total. The molecule has 1 heterocycles.